The van der Waals surface area contributed by atoms with Crippen LogP contribution in [0.1, 0.15) is 96.8 Å². The Kier molecular flexibility index (Phi) is 11.5. The fourth-order valence-electron chi connectivity index (χ4n) is 5.84. The summed E-state index contributed by atoms with van der Waals surface area (Å²) in [6, 6.07) is 0. The Hall–Kier alpha value is -0.920. The van der Waals surface area contributed by atoms with Gasteiger partial charge in [0, 0.05) is 25.4 Å². The number of nitrogens with zero attached hydrogens (tertiary/aromatic N) is 2. The molecule has 4 atom stereocenters. The van der Waals surface area contributed by atoms with Gasteiger partial charge in [-0.2, -0.15) is 0 Å². The minimum Gasteiger partial charge on any atom is -0.387 e. The highest BCUT2D eigenvalue weighted by Crippen LogP contribution is 2.35. The van der Waals surface area contributed by atoms with Crippen molar-refractivity contribution >= 4 is 15.1 Å². The summed E-state index contributed by atoms with van der Waals surface area (Å²) in [6.45, 7) is 8.79. The molecule has 3 nitrogen and oxygen atoms in total. The Bertz CT molecular complexity index is 648. The molecule has 1 aliphatic carbocycles. The lowest BCUT2D eigenvalue weighted by Crippen LogP contribution is -2.30. The number of allylic oxidation sites excluding steroid dienone is 3. The highest BCUT2D eigenvalue weighted by Gasteiger charge is 2.28. The van der Waals surface area contributed by atoms with Crippen molar-refractivity contribution in [2.45, 2.75) is 103 Å². The van der Waals surface area contributed by atoms with Crippen LogP contribution in [-0.4, -0.2) is 29.6 Å². The molecule has 1 saturated carbocycles. The van der Waals surface area contributed by atoms with Crippen molar-refractivity contribution < 1.29 is 4.84 Å². The lowest BCUT2D eigenvalue weighted by atomic mass is 9.79. The number of oxime groups is 1. The van der Waals surface area contributed by atoms with Crippen molar-refractivity contribution in [1.29, 1.82) is 0 Å². The molecule has 0 amide bonds. The van der Waals surface area contributed by atoms with E-state index >= 15 is 0 Å². The van der Waals surface area contributed by atoms with Gasteiger partial charge < -0.3 is 4.84 Å². The van der Waals surface area contributed by atoms with E-state index in [1.54, 1.807) is 0 Å². The fourth-order valence-corrected chi connectivity index (χ4v) is 6.14. The second-order valence-corrected chi connectivity index (χ2v) is 11.0. The minimum absolute atomic E-state index is 0.0322. The molecule has 3 rings (SSSR count). The Morgan fingerprint density at radius 3 is 2.16 bits per heavy atom. The second-order valence-electron chi connectivity index (χ2n) is 10.3. The second kappa shape index (κ2) is 14.4. The average molecular weight is 459 g/mol. The van der Waals surface area contributed by atoms with E-state index in [4.69, 9.17) is 4.84 Å². The van der Waals surface area contributed by atoms with Gasteiger partial charge in [0.1, 0.15) is 0 Å². The zero-order valence-electron chi connectivity index (χ0n) is 20.5. The molecule has 1 saturated heterocycles. The van der Waals surface area contributed by atoms with Crippen LogP contribution in [0, 0.1) is 17.8 Å². The molecule has 0 radical (unpaired) electrons. The topological polar surface area (TPSA) is 24.8 Å². The molecule has 4 heteroatoms. The maximum Gasteiger partial charge on any atom is 0.157 e. The zero-order valence-corrected chi connectivity index (χ0v) is 21.7. The summed E-state index contributed by atoms with van der Waals surface area (Å²) >= 11 is 0. The Morgan fingerprint density at radius 2 is 1.50 bits per heavy atom. The number of piperidine rings is 1. The Balaban J connectivity index is 1.47. The molecule has 180 valence electrons. The molecule has 2 fully saturated rings. The van der Waals surface area contributed by atoms with Crippen LogP contribution in [0.25, 0.3) is 0 Å². The third-order valence-corrected chi connectivity index (χ3v) is 8.45. The Labute approximate surface area is 200 Å². The molecule has 32 heavy (non-hydrogen) atoms. The van der Waals surface area contributed by atoms with Crippen LogP contribution in [0.2, 0.25) is 0 Å². The molecule has 0 spiro atoms. The van der Waals surface area contributed by atoms with Crippen LogP contribution in [0.4, 0.5) is 0 Å². The third kappa shape index (κ3) is 8.45. The van der Waals surface area contributed by atoms with Gasteiger partial charge in [0.2, 0.25) is 0 Å². The van der Waals surface area contributed by atoms with Gasteiger partial charge >= 0.3 is 0 Å². The molecular weight excluding hydrogens is 411 g/mol. The van der Waals surface area contributed by atoms with Gasteiger partial charge in [-0.15, -0.1) is 0 Å². The number of rotatable bonds is 5. The van der Waals surface area contributed by atoms with Crippen molar-refractivity contribution in [3.05, 3.63) is 36.5 Å². The van der Waals surface area contributed by atoms with Crippen LogP contribution < -0.4 is 0 Å². The molecular formula is C28H47N2OP. The SMILES string of the molecule is C=C(/C=C\C=C/C)C1CC(C2CCCCCCC(C3CCN(P)CC3)CCCCC2)=NO1. The van der Waals surface area contributed by atoms with E-state index in [1.165, 1.54) is 102 Å². The summed E-state index contributed by atoms with van der Waals surface area (Å²) in [5, 5.41) is 4.55. The average Bonchev–Trinajstić information content (AvgIpc) is 3.29. The van der Waals surface area contributed by atoms with E-state index in [1.807, 2.05) is 25.2 Å². The predicted octanol–water partition coefficient (Wildman–Crippen LogP) is 7.86. The molecule has 2 aliphatic heterocycles. The van der Waals surface area contributed by atoms with Crippen molar-refractivity contribution in [2.75, 3.05) is 13.1 Å². The number of hydrogen-bond donors (Lipinski definition) is 0. The van der Waals surface area contributed by atoms with Gasteiger partial charge in [-0.1, -0.05) is 103 Å². The predicted molar refractivity (Wildman–Crippen MR) is 142 cm³/mol. The largest absolute Gasteiger partial charge is 0.387 e. The van der Waals surface area contributed by atoms with Crippen LogP contribution in [0.15, 0.2) is 41.6 Å². The highest BCUT2D eigenvalue weighted by molar-refractivity contribution is 7.13. The maximum absolute atomic E-state index is 5.80. The standard InChI is InChI=1S/C28H47N2OP/c1-3-4-8-13-23(2)28-22-27(29-31-28)26-16-10-6-5-9-14-24(15-11-7-12-17-26)25-18-20-30(32)21-19-25/h3-4,8,13,24-26,28H,2,5-7,9-12,14-22,32H2,1H3/b4-3-,13-8-. The van der Waals surface area contributed by atoms with Crippen molar-refractivity contribution in [2.24, 2.45) is 22.9 Å². The molecule has 0 bridgehead atoms. The van der Waals surface area contributed by atoms with Crippen LogP contribution >= 0.6 is 9.39 Å². The van der Waals surface area contributed by atoms with Crippen molar-refractivity contribution in [3.63, 3.8) is 0 Å². The molecule has 3 aliphatic rings. The van der Waals surface area contributed by atoms with Gasteiger partial charge in [0.25, 0.3) is 0 Å². The maximum atomic E-state index is 5.80. The van der Waals surface area contributed by atoms with Gasteiger partial charge in [0.05, 0.1) is 5.71 Å². The summed E-state index contributed by atoms with van der Waals surface area (Å²) in [7, 11) is 2.91. The summed E-state index contributed by atoms with van der Waals surface area (Å²) in [5.74, 6) is 2.55. The molecule has 2 heterocycles. The lowest BCUT2D eigenvalue weighted by molar-refractivity contribution is 0.114. The third-order valence-electron chi connectivity index (χ3n) is 7.94. The summed E-state index contributed by atoms with van der Waals surface area (Å²) in [4.78, 5) is 5.80. The molecule has 0 aromatic rings. The first-order valence-corrected chi connectivity index (χ1v) is 13.9. The van der Waals surface area contributed by atoms with E-state index < -0.39 is 0 Å². The van der Waals surface area contributed by atoms with Gasteiger partial charge in [-0.25, -0.2) is 0 Å². The molecule has 0 N–H and O–H groups in total. The quantitative estimate of drug-likeness (QED) is 0.309. The van der Waals surface area contributed by atoms with Crippen LogP contribution in [0.5, 0.6) is 0 Å². The van der Waals surface area contributed by atoms with Gasteiger partial charge in [-0.05, 0) is 50.0 Å². The fraction of sp³-hybridized carbons (Fsp3) is 0.750. The zero-order chi connectivity index (χ0) is 22.6. The van der Waals surface area contributed by atoms with Crippen LogP contribution in [0.3, 0.4) is 0 Å². The normalized spacial score (nSPS) is 30.4. The summed E-state index contributed by atoms with van der Waals surface area (Å²) in [6.07, 6.45) is 27.1. The minimum atomic E-state index is 0.0322. The monoisotopic (exact) mass is 458 g/mol. The van der Waals surface area contributed by atoms with E-state index in [0.29, 0.717) is 5.92 Å². The number of hydrogen-bond acceptors (Lipinski definition) is 3. The molecule has 4 unspecified atom stereocenters. The van der Waals surface area contributed by atoms with E-state index in [0.717, 1.165) is 23.8 Å². The summed E-state index contributed by atoms with van der Waals surface area (Å²) in [5.41, 5.74) is 2.33. The Morgan fingerprint density at radius 1 is 0.906 bits per heavy atom. The first kappa shape index (κ1) is 25.7. The summed E-state index contributed by atoms with van der Waals surface area (Å²) < 4.78 is 2.43. The van der Waals surface area contributed by atoms with Gasteiger partial charge in [-0.3, -0.25) is 4.67 Å². The first-order valence-electron chi connectivity index (χ1n) is 13.4. The van der Waals surface area contributed by atoms with Crippen molar-refractivity contribution in [1.82, 2.24) is 4.67 Å². The first-order chi connectivity index (χ1) is 15.7. The lowest BCUT2D eigenvalue weighted by Gasteiger charge is -2.34. The van der Waals surface area contributed by atoms with Crippen molar-refractivity contribution in [3.8, 4) is 0 Å². The smallest absolute Gasteiger partial charge is 0.157 e. The van der Waals surface area contributed by atoms with E-state index in [9.17, 15) is 0 Å². The van der Waals surface area contributed by atoms with E-state index in [-0.39, 0.29) is 6.10 Å². The molecule has 0 aromatic carbocycles. The van der Waals surface area contributed by atoms with E-state index in [2.05, 4.69) is 31.9 Å². The van der Waals surface area contributed by atoms with Crippen LogP contribution in [-0.2, 0) is 4.84 Å². The molecule has 0 aromatic heterocycles. The highest BCUT2D eigenvalue weighted by atomic mass is 31.0. The van der Waals surface area contributed by atoms with Gasteiger partial charge in [0.15, 0.2) is 6.10 Å².